The molecule has 0 aliphatic heterocycles. The van der Waals surface area contributed by atoms with E-state index in [0.717, 1.165) is 23.8 Å². The minimum atomic E-state index is -0.137. The molecule has 0 saturated heterocycles. The average Bonchev–Trinajstić information content (AvgIpc) is 3.01. The van der Waals surface area contributed by atoms with Crippen LogP contribution >= 0.6 is 30.3 Å². The van der Waals surface area contributed by atoms with E-state index in [-0.39, 0.29) is 5.82 Å². The van der Waals surface area contributed by atoms with Gasteiger partial charge in [-0.15, -0.1) is 0 Å². The summed E-state index contributed by atoms with van der Waals surface area (Å²) in [6.45, 7) is 2.68. The van der Waals surface area contributed by atoms with Crippen molar-refractivity contribution in [3.63, 3.8) is 0 Å². The van der Waals surface area contributed by atoms with Gasteiger partial charge in [0.05, 0.1) is 18.2 Å². The summed E-state index contributed by atoms with van der Waals surface area (Å²) in [5.41, 5.74) is 4.25. The second-order valence-electron chi connectivity index (χ2n) is 6.65. The molecule has 0 spiro atoms. The number of aryl methyl sites for hydroxylation is 1. The van der Waals surface area contributed by atoms with Crippen molar-refractivity contribution in [3.05, 3.63) is 71.2 Å². The van der Waals surface area contributed by atoms with Gasteiger partial charge in [-0.3, -0.25) is 3.97 Å². The van der Waals surface area contributed by atoms with Crippen molar-refractivity contribution in [3.8, 4) is 0 Å². The maximum atomic E-state index is 14.4. The lowest BCUT2D eigenvalue weighted by atomic mass is 9.75. The van der Waals surface area contributed by atoms with Crippen molar-refractivity contribution in [1.29, 1.82) is 0 Å². The van der Waals surface area contributed by atoms with Gasteiger partial charge in [-0.25, -0.2) is 4.39 Å². The predicted octanol–water partition coefficient (Wildman–Crippen LogP) is 6.40. The highest BCUT2D eigenvalue weighted by molar-refractivity contribution is 14.2. The first-order chi connectivity index (χ1) is 12.2. The van der Waals surface area contributed by atoms with E-state index in [1.807, 2.05) is 41.4 Å². The van der Waals surface area contributed by atoms with Crippen molar-refractivity contribution in [2.75, 3.05) is 0 Å². The van der Waals surface area contributed by atoms with Gasteiger partial charge in [-0.05, 0) is 54.5 Å². The number of ether oxygens (including phenoxy) is 1. The van der Waals surface area contributed by atoms with Crippen LogP contribution in [0.15, 0.2) is 48.7 Å². The van der Waals surface area contributed by atoms with E-state index in [2.05, 4.69) is 33.3 Å². The van der Waals surface area contributed by atoms with Crippen molar-refractivity contribution >= 4 is 41.2 Å². The second-order valence-corrected chi connectivity index (χ2v) is 8.36. The van der Waals surface area contributed by atoms with E-state index in [1.54, 1.807) is 6.07 Å². The fourth-order valence-corrected chi connectivity index (χ4v) is 5.09. The maximum Gasteiger partial charge on any atom is 0.148 e. The number of nitrogens with zero attached hydrogens (tertiary/aromatic N) is 1. The molecular formula is C20H19FINOS. The van der Waals surface area contributed by atoms with Gasteiger partial charge in [0.15, 0.2) is 0 Å². The molecule has 0 bridgehead atoms. The van der Waals surface area contributed by atoms with Crippen LogP contribution in [0, 0.1) is 12.7 Å². The lowest BCUT2D eigenvalue weighted by Gasteiger charge is -2.36. The van der Waals surface area contributed by atoms with Crippen LogP contribution in [0.4, 0.5) is 4.39 Å². The fourth-order valence-electron chi connectivity index (χ4n) is 3.74. The maximum absolute atomic E-state index is 14.4. The summed E-state index contributed by atoms with van der Waals surface area (Å²) in [6.07, 6.45) is 4.27. The zero-order chi connectivity index (χ0) is 17.4. The standard InChI is InChI=1S/C20H19FINOS/c1-13-9-18(21)20-17(7-8-23(20)25-22)19(13)15-10-16(11-15)24-12-14-5-3-2-4-6-14/h2-9,15-16H,10-12H2,1H3. The van der Waals surface area contributed by atoms with Crippen molar-refractivity contribution in [2.45, 2.75) is 38.4 Å². The summed E-state index contributed by atoms with van der Waals surface area (Å²) in [4.78, 5) is 0. The van der Waals surface area contributed by atoms with Gasteiger partial charge in [-0.2, -0.15) is 0 Å². The molecule has 5 heteroatoms. The number of aromatic nitrogens is 1. The monoisotopic (exact) mass is 467 g/mol. The minimum Gasteiger partial charge on any atom is -0.373 e. The highest BCUT2D eigenvalue weighted by atomic mass is 127. The molecule has 4 rings (SSSR count). The van der Waals surface area contributed by atoms with Crippen molar-refractivity contribution in [2.24, 2.45) is 0 Å². The molecule has 25 heavy (non-hydrogen) atoms. The molecule has 1 fully saturated rings. The predicted molar refractivity (Wildman–Crippen MR) is 111 cm³/mol. The largest absolute Gasteiger partial charge is 0.373 e. The molecule has 1 heterocycles. The Labute approximate surface area is 163 Å². The number of halogens is 2. The molecule has 1 aromatic heterocycles. The lowest BCUT2D eigenvalue weighted by molar-refractivity contribution is -0.0205. The molecule has 1 aliphatic rings. The topological polar surface area (TPSA) is 14.2 Å². The number of rotatable bonds is 5. The van der Waals surface area contributed by atoms with E-state index in [9.17, 15) is 4.39 Å². The van der Waals surface area contributed by atoms with Gasteiger partial charge in [0, 0.05) is 41.9 Å². The van der Waals surface area contributed by atoms with Gasteiger partial charge in [-0.1, -0.05) is 30.3 Å². The Morgan fingerprint density at radius 2 is 2.00 bits per heavy atom. The summed E-state index contributed by atoms with van der Waals surface area (Å²) in [6, 6.07) is 14.0. The summed E-state index contributed by atoms with van der Waals surface area (Å²) in [5.74, 6) is 0.320. The fraction of sp³-hybridized carbons (Fsp3) is 0.300. The van der Waals surface area contributed by atoms with E-state index in [0.29, 0.717) is 24.1 Å². The molecule has 0 radical (unpaired) electrons. The number of hydrogen-bond acceptors (Lipinski definition) is 2. The Morgan fingerprint density at radius 3 is 2.72 bits per heavy atom. The van der Waals surface area contributed by atoms with Crippen molar-refractivity contribution < 1.29 is 9.13 Å². The van der Waals surface area contributed by atoms with Crippen LogP contribution in [0.25, 0.3) is 10.9 Å². The Hall–Kier alpha value is -1.05. The summed E-state index contributed by atoms with van der Waals surface area (Å²) >= 11 is 2.19. The van der Waals surface area contributed by atoms with Crippen LogP contribution < -0.4 is 0 Å². The van der Waals surface area contributed by atoms with E-state index >= 15 is 0 Å². The zero-order valence-electron chi connectivity index (χ0n) is 13.9. The van der Waals surface area contributed by atoms with Crippen LogP contribution in [0.2, 0.25) is 0 Å². The highest BCUT2D eigenvalue weighted by Gasteiger charge is 2.34. The summed E-state index contributed by atoms with van der Waals surface area (Å²) < 4.78 is 22.3. The lowest BCUT2D eigenvalue weighted by Crippen LogP contribution is -2.30. The molecule has 130 valence electrons. The van der Waals surface area contributed by atoms with Gasteiger partial charge < -0.3 is 4.74 Å². The van der Waals surface area contributed by atoms with Gasteiger partial charge >= 0.3 is 0 Å². The Bertz CT molecular complexity index is 890. The molecule has 3 aromatic rings. The molecule has 0 amide bonds. The summed E-state index contributed by atoms with van der Waals surface area (Å²) in [7, 11) is 1.50. The van der Waals surface area contributed by atoms with Crippen LogP contribution in [0.3, 0.4) is 0 Å². The highest BCUT2D eigenvalue weighted by Crippen LogP contribution is 2.44. The number of benzene rings is 2. The van der Waals surface area contributed by atoms with Gasteiger partial charge in [0.1, 0.15) is 5.82 Å². The van der Waals surface area contributed by atoms with Crippen molar-refractivity contribution in [1.82, 2.24) is 3.97 Å². The third-order valence-corrected chi connectivity index (χ3v) is 6.77. The smallest absolute Gasteiger partial charge is 0.148 e. The quantitative estimate of drug-likeness (QED) is 0.404. The Morgan fingerprint density at radius 1 is 1.24 bits per heavy atom. The van der Waals surface area contributed by atoms with Gasteiger partial charge in [0.25, 0.3) is 0 Å². The molecule has 2 nitrogen and oxygen atoms in total. The number of fused-ring (bicyclic) bond motifs is 1. The molecule has 1 aliphatic carbocycles. The third kappa shape index (κ3) is 3.34. The van der Waals surface area contributed by atoms with Gasteiger partial charge in [0.2, 0.25) is 0 Å². The minimum absolute atomic E-state index is 0.137. The van der Waals surface area contributed by atoms with Crippen LogP contribution in [-0.4, -0.2) is 10.1 Å². The average molecular weight is 467 g/mol. The first-order valence-corrected chi connectivity index (χ1v) is 11.7. The molecule has 0 N–H and O–H groups in total. The summed E-state index contributed by atoms with van der Waals surface area (Å²) in [5, 5.41) is 1.05. The molecule has 0 unspecified atom stereocenters. The van der Waals surface area contributed by atoms with Crippen LogP contribution in [0.1, 0.15) is 35.4 Å². The molecule has 0 atom stereocenters. The normalized spacial score (nSPS) is 20.0. The molecule has 2 aromatic carbocycles. The second kappa shape index (κ2) is 7.29. The first-order valence-electron chi connectivity index (χ1n) is 8.42. The van der Waals surface area contributed by atoms with E-state index in [4.69, 9.17) is 4.74 Å². The molecular weight excluding hydrogens is 448 g/mol. The zero-order valence-corrected chi connectivity index (χ0v) is 16.9. The third-order valence-electron chi connectivity index (χ3n) is 5.04. The van der Waals surface area contributed by atoms with E-state index < -0.39 is 0 Å². The number of hydrogen-bond donors (Lipinski definition) is 0. The van der Waals surface area contributed by atoms with E-state index in [1.165, 1.54) is 20.2 Å². The molecule has 1 saturated carbocycles. The van der Waals surface area contributed by atoms with Crippen LogP contribution in [-0.2, 0) is 11.3 Å². The SMILES string of the molecule is Cc1cc(F)c2c(ccn2SI)c1C1CC(OCc2ccccc2)C1. The Kier molecular flexibility index (Phi) is 5.06. The first kappa shape index (κ1) is 17.4. The Balaban J connectivity index is 1.50. The van der Waals surface area contributed by atoms with Crippen LogP contribution in [0.5, 0.6) is 0 Å².